The molecular formula is C20H20N2O6. The Morgan fingerprint density at radius 2 is 1.93 bits per heavy atom. The van der Waals surface area contributed by atoms with Gasteiger partial charge in [-0.1, -0.05) is 6.07 Å². The summed E-state index contributed by atoms with van der Waals surface area (Å²) in [5, 5.41) is 7.65. The summed E-state index contributed by atoms with van der Waals surface area (Å²) in [6.45, 7) is 4.72. The third kappa shape index (κ3) is 5.00. The molecule has 8 nitrogen and oxygen atoms in total. The Balaban J connectivity index is 1.57. The summed E-state index contributed by atoms with van der Waals surface area (Å²) in [6, 6.07) is 8.83. The summed E-state index contributed by atoms with van der Waals surface area (Å²) >= 11 is 0. The van der Waals surface area contributed by atoms with Crippen LogP contribution in [0.5, 0.6) is 11.5 Å². The van der Waals surface area contributed by atoms with E-state index in [-0.39, 0.29) is 18.4 Å². The lowest BCUT2D eigenvalue weighted by Gasteiger charge is -2.11. The number of esters is 1. The van der Waals surface area contributed by atoms with Crippen LogP contribution in [-0.4, -0.2) is 29.4 Å². The topological polar surface area (TPSA) is 96.8 Å². The molecule has 3 rings (SSSR count). The molecule has 0 bridgehead atoms. The molecule has 146 valence electrons. The van der Waals surface area contributed by atoms with E-state index in [1.54, 1.807) is 30.3 Å². The van der Waals surface area contributed by atoms with E-state index in [2.05, 4.69) is 10.2 Å². The largest absolute Gasteiger partial charge is 0.490 e. The Kier molecular flexibility index (Phi) is 6.46. The van der Waals surface area contributed by atoms with Crippen molar-refractivity contribution in [3.63, 3.8) is 0 Å². The fourth-order valence-electron chi connectivity index (χ4n) is 2.33. The Bertz CT molecular complexity index is 930. The zero-order valence-electron chi connectivity index (χ0n) is 15.6. The summed E-state index contributed by atoms with van der Waals surface area (Å²) in [5.41, 5.74) is 0.779. The van der Waals surface area contributed by atoms with Gasteiger partial charge in [0.2, 0.25) is 0 Å². The number of hydrogen-bond donors (Lipinski definition) is 0. The van der Waals surface area contributed by atoms with E-state index in [1.807, 2.05) is 19.9 Å². The predicted octanol–water partition coefficient (Wildman–Crippen LogP) is 3.88. The van der Waals surface area contributed by atoms with Gasteiger partial charge >= 0.3 is 5.97 Å². The minimum absolute atomic E-state index is 0.135. The van der Waals surface area contributed by atoms with Gasteiger partial charge in [0, 0.05) is 6.08 Å². The van der Waals surface area contributed by atoms with Gasteiger partial charge in [-0.15, -0.1) is 10.2 Å². The summed E-state index contributed by atoms with van der Waals surface area (Å²) < 4.78 is 26.7. The molecule has 0 saturated carbocycles. The Morgan fingerprint density at radius 1 is 1.11 bits per heavy atom. The van der Waals surface area contributed by atoms with Crippen LogP contribution in [0.2, 0.25) is 0 Å². The SMILES string of the molecule is CCOc1ccc(/C=C/C(=O)OCc2nnc(-c3ccco3)o2)cc1OCC. The number of benzene rings is 1. The van der Waals surface area contributed by atoms with Crippen LogP contribution in [0.4, 0.5) is 0 Å². The predicted molar refractivity (Wildman–Crippen MR) is 99.6 cm³/mol. The van der Waals surface area contributed by atoms with Crippen LogP contribution in [0.15, 0.2) is 51.5 Å². The lowest BCUT2D eigenvalue weighted by atomic mass is 10.2. The number of furan rings is 1. The Morgan fingerprint density at radius 3 is 2.68 bits per heavy atom. The van der Waals surface area contributed by atoms with E-state index >= 15 is 0 Å². The average molecular weight is 384 g/mol. The smallest absolute Gasteiger partial charge is 0.331 e. The highest BCUT2D eigenvalue weighted by atomic mass is 16.5. The van der Waals surface area contributed by atoms with Crippen LogP contribution in [0, 0.1) is 0 Å². The maximum Gasteiger partial charge on any atom is 0.331 e. The van der Waals surface area contributed by atoms with E-state index in [0.29, 0.717) is 30.5 Å². The molecule has 3 aromatic rings. The van der Waals surface area contributed by atoms with Crippen molar-refractivity contribution in [3.05, 3.63) is 54.1 Å². The molecule has 2 aromatic heterocycles. The van der Waals surface area contributed by atoms with E-state index in [1.165, 1.54) is 12.3 Å². The van der Waals surface area contributed by atoms with Crippen molar-refractivity contribution in [1.29, 1.82) is 0 Å². The minimum atomic E-state index is -0.537. The molecule has 0 aliphatic heterocycles. The third-order valence-corrected chi connectivity index (χ3v) is 3.52. The van der Waals surface area contributed by atoms with E-state index < -0.39 is 5.97 Å². The maximum absolute atomic E-state index is 11.9. The highest BCUT2D eigenvalue weighted by Crippen LogP contribution is 2.29. The molecule has 0 unspecified atom stereocenters. The quantitative estimate of drug-likeness (QED) is 0.405. The molecule has 0 aliphatic carbocycles. The first-order valence-electron chi connectivity index (χ1n) is 8.80. The molecule has 0 spiro atoms. The van der Waals surface area contributed by atoms with Crippen LogP contribution in [-0.2, 0) is 16.1 Å². The van der Waals surface area contributed by atoms with E-state index in [0.717, 1.165) is 5.56 Å². The van der Waals surface area contributed by atoms with E-state index in [9.17, 15) is 4.79 Å². The molecule has 0 N–H and O–H groups in total. The van der Waals surface area contributed by atoms with Crippen molar-refractivity contribution in [3.8, 4) is 23.1 Å². The highest BCUT2D eigenvalue weighted by Gasteiger charge is 2.12. The second kappa shape index (κ2) is 9.40. The first-order valence-corrected chi connectivity index (χ1v) is 8.80. The number of carbonyl (C=O) groups is 1. The van der Waals surface area contributed by atoms with Crippen molar-refractivity contribution in [2.75, 3.05) is 13.2 Å². The van der Waals surface area contributed by atoms with Crippen LogP contribution < -0.4 is 9.47 Å². The van der Waals surface area contributed by atoms with Crippen LogP contribution in [0.1, 0.15) is 25.3 Å². The second-order valence-electron chi connectivity index (χ2n) is 5.49. The molecule has 0 aliphatic rings. The third-order valence-electron chi connectivity index (χ3n) is 3.52. The summed E-state index contributed by atoms with van der Waals surface area (Å²) in [7, 11) is 0. The van der Waals surface area contributed by atoms with Gasteiger partial charge in [-0.05, 0) is 49.8 Å². The molecule has 1 aromatic carbocycles. The van der Waals surface area contributed by atoms with Gasteiger partial charge in [-0.3, -0.25) is 0 Å². The number of rotatable bonds is 9. The van der Waals surface area contributed by atoms with Crippen molar-refractivity contribution < 1.29 is 27.8 Å². The zero-order chi connectivity index (χ0) is 19.8. The monoisotopic (exact) mass is 384 g/mol. The lowest BCUT2D eigenvalue weighted by molar-refractivity contribution is -0.139. The molecule has 2 heterocycles. The Hall–Kier alpha value is -3.55. The molecule has 0 atom stereocenters. The second-order valence-corrected chi connectivity index (χ2v) is 5.49. The standard InChI is InChI=1S/C20H20N2O6/c1-3-24-15-9-7-14(12-17(15)25-4-2)8-10-19(23)27-13-18-21-22-20(28-18)16-6-5-11-26-16/h5-12H,3-4,13H2,1-2H3/b10-8+. The number of nitrogens with zero attached hydrogens (tertiary/aromatic N) is 2. The molecule has 0 fully saturated rings. The average Bonchev–Trinajstić information content (AvgIpc) is 3.38. The number of hydrogen-bond acceptors (Lipinski definition) is 8. The molecular weight excluding hydrogens is 364 g/mol. The summed E-state index contributed by atoms with van der Waals surface area (Å²) in [4.78, 5) is 11.9. The van der Waals surface area contributed by atoms with Gasteiger partial charge in [-0.25, -0.2) is 4.79 Å². The first kappa shape index (κ1) is 19.2. The molecule has 0 amide bonds. The summed E-state index contributed by atoms with van der Waals surface area (Å²) in [5.74, 6) is 1.59. The van der Waals surface area contributed by atoms with Crippen molar-refractivity contribution in [2.45, 2.75) is 20.5 Å². The minimum Gasteiger partial charge on any atom is -0.490 e. The lowest BCUT2D eigenvalue weighted by Crippen LogP contribution is -2.01. The fraction of sp³-hybridized carbons (Fsp3) is 0.250. The van der Waals surface area contributed by atoms with Crippen LogP contribution >= 0.6 is 0 Å². The fourth-order valence-corrected chi connectivity index (χ4v) is 2.33. The molecule has 28 heavy (non-hydrogen) atoms. The van der Waals surface area contributed by atoms with Crippen LogP contribution in [0.3, 0.4) is 0 Å². The van der Waals surface area contributed by atoms with Gasteiger partial charge in [0.25, 0.3) is 11.8 Å². The van der Waals surface area contributed by atoms with Gasteiger partial charge in [0.15, 0.2) is 23.9 Å². The van der Waals surface area contributed by atoms with Crippen molar-refractivity contribution in [1.82, 2.24) is 10.2 Å². The number of aromatic nitrogens is 2. The zero-order valence-corrected chi connectivity index (χ0v) is 15.6. The van der Waals surface area contributed by atoms with Gasteiger partial charge in [0.05, 0.1) is 19.5 Å². The van der Waals surface area contributed by atoms with Gasteiger partial charge < -0.3 is 23.0 Å². The maximum atomic E-state index is 11.9. The highest BCUT2D eigenvalue weighted by molar-refractivity contribution is 5.87. The van der Waals surface area contributed by atoms with Gasteiger partial charge in [0.1, 0.15) is 0 Å². The van der Waals surface area contributed by atoms with E-state index in [4.69, 9.17) is 23.0 Å². The first-order chi connectivity index (χ1) is 13.7. The molecule has 0 saturated heterocycles. The van der Waals surface area contributed by atoms with Crippen LogP contribution in [0.25, 0.3) is 17.7 Å². The Labute approximate surface area is 161 Å². The summed E-state index contributed by atoms with van der Waals surface area (Å²) in [6.07, 6.45) is 4.44. The van der Waals surface area contributed by atoms with Crippen molar-refractivity contribution in [2.24, 2.45) is 0 Å². The van der Waals surface area contributed by atoms with Gasteiger partial charge in [-0.2, -0.15) is 0 Å². The molecule has 8 heteroatoms. The number of carbonyl (C=O) groups excluding carboxylic acids is 1. The van der Waals surface area contributed by atoms with Crippen molar-refractivity contribution >= 4 is 12.0 Å². The number of ether oxygens (including phenoxy) is 3. The molecule has 0 radical (unpaired) electrons. The normalized spacial score (nSPS) is 10.9.